The molecule has 0 aliphatic carbocycles. The first-order valence-electron chi connectivity index (χ1n) is 6.17. The van der Waals surface area contributed by atoms with Crippen LogP contribution in [0.15, 0.2) is 36.5 Å². The zero-order valence-corrected chi connectivity index (χ0v) is 11.6. The van der Waals surface area contributed by atoms with E-state index in [1.165, 1.54) is 6.26 Å². The normalized spacial score (nSPS) is 13.6. The van der Waals surface area contributed by atoms with Crippen LogP contribution in [0.2, 0.25) is 0 Å². The van der Waals surface area contributed by atoms with Crippen LogP contribution in [0.1, 0.15) is 24.5 Å². The Morgan fingerprint density at radius 1 is 1.26 bits per heavy atom. The number of nitrogens with zero attached hydrogens (tertiary/aromatic N) is 1. The number of pyridine rings is 1. The van der Waals surface area contributed by atoms with E-state index in [0.717, 1.165) is 16.5 Å². The van der Waals surface area contributed by atoms with Gasteiger partial charge in [0, 0.05) is 23.6 Å². The van der Waals surface area contributed by atoms with Gasteiger partial charge in [0.15, 0.2) is 0 Å². The van der Waals surface area contributed by atoms with Crippen molar-refractivity contribution in [3.05, 3.63) is 42.1 Å². The summed E-state index contributed by atoms with van der Waals surface area (Å²) in [6.45, 7) is 0. The van der Waals surface area contributed by atoms with Gasteiger partial charge in [-0.1, -0.05) is 18.2 Å². The van der Waals surface area contributed by atoms with Crippen molar-refractivity contribution in [2.45, 2.75) is 18.9 Å². The minimum Gasteiger partial charge on any atom is -0.388 e. The lowest BCUT2D eigenvalue weighted by molar-refractivity contribution is 0.168. The van der Waals surface area contributed by atoms with Crippen LogP contribution in [0.4, 0.5) is 0 Å². The van der Waals surface area contributed by atoms with Crippen LogP contribution in [0.25, 0.3) is 10.9 Å². The van der Waals surface area contributed by atoms with E-state index in [-0.39, 0.29) is 5.75 Å². The maximum absolute atomic E-state index is 11.1. The molecule has 2 rings (SSSR count). The van der Waals surface area contributed by atoms with Gasteiger partial charge in [0.1, 0.15) is 9.84 Å². The zero-order chi connectivity index (χ0) is 13.9. The second kappa shape index (κ2) is 5.67. The number of fused-ring (bicyclic) bond motifs is 1. The molecule has 1 aromatic carbocycles. The smallest absolute Gasteiger partial charge is 0.147 e. The molecule has 0 radical (unpaired) electrons. The van der Waals surface area contributed by atoms with E-state index in [9.17, 15) is 13.5 Å². The first-order valence-corrected chi connectivity index (χ1v) is 8.23. The van der Waals surface area contributed by atoms with Gasteiger partial charge in [0.25, 0.3) is 0 Å². The lowest BCUT2D eigenvalue weighted by Crippen LogP contribution is -2.06. The van der Waals surface area contributed by atoms with E-state index in [2.05, 4.69) is 4.98 Å². The van der Waals surface area contributed by atoms with Crippen LogP contribution >= 0.6 is 0 Å². The van der Waals surface area contributed by atoms with Gasteiger partial charge in [-0.3, -0.25) is 4.98 Å². The Bertz CT molecular complexity index is 662. The first-order chi connectivity index (χ1) is 8.97. The van der Waals surface area contributed by atoms with Crippen LogP contribution in [0.5, 0.6) is 0 Å². The highest BCUT2D eigenvalue weighted by atomic mass is 32.2. The molecule has 19 heavy (non-hydrogen) atoms. The van der Waals surface area contributed by atoms with Crippen molar-refractivity contribution in [3.63, 3.8) is 0 Å². The number of hydrogen-bond donors (Lipinski definition) is 1. The summed E-state index contributed by atoms with van der Waals surface area (Å²) in [4.78, 5) is 4.24. The minimum absolute atomic E-state index is 0.104. The molecule has 0 aliphatic heterocycles. The molecule has 1 N–H and O–H groups in total. The molecule has 0 fully saturated rings. The van der Waals surface area contributed by atoms with Crippen molar-refractivity contribution in [2.75, 3.05) is 12.0 Å². The Labute approximate surface area is 113 Å². The number of aliphatic hydroxyl groups is 1. The van der Waals surface area contributed by atoms with Gasteiger partial charge in [-0.2, -0.15) is 0 Å². The summed E-state index contributed by atoms with van der Waals surface area (Å²) in [5.74, 6) is 0.104. The first kappa shape index (κ1) is 14.0. The van der Waals surface area contributed by atoms with Crippen LogP contribution in [-0.2, 0) is 9.84 Å². The second-order valence-corrected chi connectivity index (χ2v) is 6.96. The number of rotatable bonds is 5. The minimum atomic E-state index is -2.97. The third-order valence-corrected chi connectivity index (χ3v) is 4.06. The summed E-state index contributed by atoms with van der Waals surface area (Å²) in [6, 6.07) is 9.34. The summed E-state index contributed by atoms with van der Waals surface area (Å²) in [5, 5.41) is 11.1. The van der Waals surface area contributed by atoms with Gasteiger partial charge >= 0.3 is 0 Å². The lowest BCUT2D eigenvalue weighted by atomic mass is 10.0. The van der Waals surface area contributed by atoms with E-state index in [4.69, 9.17) is 0 Å². The fourth-order valence-electron chi connectivity index (χ4n) is 2.11. The van der Waals surface area contributed by atoms with Gasteiger partial charge in [-0.15, -0.1) is 0 Å². The Hall–Kier alpha value is -1.46. The highest BCUT2D eigenvalue weighted by Gasteiger charge is 2.12. The second-order valence-electron chi connectivity index (χ2n) is 4.71. The van der Waals surface area contributed by atoms with E-state index in [1.54, 1.807) is 6.20 Å². The molecule has 0 saturated heterocycles. The SMILES string of the molecule is CS(=O)(=O)CCCC(O)c1cccc2ncccc12. The molecule has 0 spiro atoms. The molecule has 2 aromatic rings. The predicted octanol–water partition coefficient (Wildman–Crippen LogP) is 2.09. The van der Waals surface area contributed by atoms with Crippen molar-refractivity contribution in [2.24, 2.45) is 0 Å². The third kappa shape index (κ3) is 3.75. The molecule has 0 aliphatic rings. The zero-order valence-electron chi connectivity index (χ0n) is 10.8. The number of sulfone groups is 1. The standard InChI is InChI=1S/C14H17NO3S/c1-19(17,18)10-4-8-14(16)12-5-2-7-13-11(12)6-3-9-15-13/h2-3,5-7,9,14,16H,4,8,10H2,1H3. The maximum atomic E-state index is 11.1. The van der Waals surface area contributed by atoms with Crippen LogP contribution in [0, 0.1) is 0 Å². The Balaban J connectivity index is 2.15. The van der Waals surface area contributed by atoms with E-state index >= 15 is 0 Å². The summed E-state index contributed by atoms with van der Waals surface area (Å²) in [6.07, 6.45) is 3.15. The summed E-state index contributed by atoms with van der Waals surface area (Å²) >= 11 is 0. The number of aromatic nitrogens is 1. The molecular formula is C14H17NO3S. The fourth-order valence-corrected chi connectivity index (χ4v) is 2.80. The molecule has 102 valence electrons. The van der Waals surface area contributed by atoms with Gasteiger partial charge < -0.3 is 5.11 Å². The van der Waals surface area contributed by atoms with Crippen LogP contribution in [-0.4, -0.2) is 30.5 Å². The van der Waals surface area contributed by atoms with Crippen molar-refractivity contribution < 1.29 is 13.5 Å². The maximum Gasteiger partial charge on any atom is 0.147 e. The number of hydrogen-bond acceptors (Lipinski definition) is 4. The average Bonchev–Trinajstić information content (AvgIpc) is 2.36. The van der Waals surface area contributed by atoms with E-state index < -0.39 is 15.9 Å². The predicted molar refractivity (Wildman–Crippen MR) is 75.6 cm³/mol. The molecule has 0 saturated carbocycles. The largest absolute Gasteiger partial charge is 0.388 e. The van der Waals surface area contributed by atoms with Crippen LogP contribution < -0.4 is 0 Å². The number of benzene rings is 1. The Morgan fingerprint density at radius 3 is 2.79 bits per heavy atom. The molecule has 5 heteroatoms. The molecule has 1 atom stereocenters. The van der Waals surface area contributed by atoms with Crippen LogP contribution in [0.3, 0.4) is 0 Å². The van der Waals surface area contributed by atoms with Crippen molar-refractivity contribution in [1.29, 1.82) is 0 Å². The summed E-state index contributed by atoms with van der Waals surface area (Å²) in [5.41, 5.74) is 1.64. The summed E-state index contributed by atoms with van der Waals surface area (Å²) in [7, 11) is -2.97. The number of aliphatic hydroxyl groups excluding tert-OH is 1. The fraction of sp³-hybridized carbons (Fsp3) is 0.357. The van der Waals surface area contributed by atoms with Gasteiger partial charge in [0.2, 0.25) is 0 Å². The molecule has 0 bridgehead atoms. The average molecular weight is 279 g/mol. The molecule has 1 unspecified atom stereocenters. The monoisotopic (exact) mass is 279 g/mol. The molecule has 0 amide bonds. The van der Waals surface area contributed by atoms with E-state index in [1.807, 2.05) is 30.3 Å². The molecule has 1 aromatic heterocycles. The van der Waals surface area contributed by atoms with Crippen molar-refractivity contribution >= 4 is 20.7 Å². The quantitative estimate of drug-likeness (QED) is 0.910. The van der Waals surface area contributed by atoms with Crippen molar-refractivity contribution in [3.8, 4) is 0 Å². The van der Waals surface area contributed by atoms with Gasteiger partial charge in [0.05, 0.1) is 11.6 Å². The summed E-state index contributed by atoms with van der Waals surface area (Å²) < 4.78 is 22.1. The Morgan fingerprint density at radius 2 is 2.05 bits per heavy atom. The molecule has 1 heterocycles. The van der Waals surface area contributed by atoms with E-state index in [0.29, 0.717) is 12.8 Å². The van der Waals surface area contributed by atoms with Gasteiger partial charge in [-0.05, 0) is 30.5 Å². The third-order valence-electron chi connectivity index (χ3n) is 3.03. The molecule has 4 nitrogen and oxygen atoms in total. The highest BCUT2D eigenvalue weighted by Crippen LogP contribution is 2.25. The lowest BCUT2D eigenvalue weighted by Gasteiger charge is -2.13. The van der Waals surface area contributed by atoms with Crippen molar-refractivity contribution in [1.82, 2.24) is 4.98 Å². The van der Waals surface area contributed by atoms with Gasteiger partial charge in [-0.25, -0.2) is 8.42 Å². The molecular weight excluding hydrogens is 262 g/mol. The highest BCUT2D eigenvalue weighted by molar-refractivity contribution is 7.90. The topological polar surface area (TPSA) is 67.3 Å². The Kier molecular flexibility index (Phi) is 4.17.